The van der Waals surface area contributed by atoms with Crippen molar-refractivity contribution in [1.82, 2.24) is 19.7 Å². The first kappa shape index (κ1) is 18.2. The van der Waals surface area contributed by atoms with E-state index in [4.69, 9.17) is 0 Å². The lowest BCUT2D eigenvalue weighted by molar-refractivity contribution is -0.0249. The van der Waals surface area contributed by atoms with Crippen LogP contribution in [0.25, 0.3) is 0 Å². The monoisotopic (exact) mass is 359 g/mol. The van der Waals surface area contributed by atoms with Crippen molar-refractivity contribution in [3.8, 4) is 0 Å². The molecule has 1 aromatic rings. The van der Waals surface area contributed by atoms with Gasteiger partial charge in [0.25, 0.3) is 0 Å². The smallest absolute Gasteiger partial charge is 0.130 e. The van der Waals surface area contributed by atoms with Gasteiger partial charge in [0, 0.05) is 70.7 Å². The Labute approximate surface area is 157 Å². The van der Waals surface area contributed by atoms with Gasteiger partial charge in [-0.15, -0.1) is 0 Å². The van der Waals surface area contributed by atoms with Crippen LogP contribution in [0.1, 0.15) is 18.4 Å². The largest absolute Gasteiger partial charge is 0.391 e. The fraction of sp³-hybridized carbons (Fsp3) is 0.750. The van der Waals surface area contributed by atoms with Crippen LogP contribution in [0, 0.1) is 11.8 Å². The summed E-state index contributed by atoms with van der Waals surface area (Å²) in [5.41, 5.74) is 1.27. The van der Waals surface area contributed by atoms with Gasteiger partial charge in [-0.3, -0.25) is 9.80 Å². The summed E-state index contributed by atoms with van der Waals surface area (Å²) in [7, 11) is 4.13. The fourth-order valence-corrected chi connectivity index (χ4v) is 5.21. The molecule has 0 unspecified atom stereocenters. The maximum atomic E-state index is 10.8. The molecule has 0 spiro atoms. The third-order valence-corrected chi connectivity index (χ3v) is 6.71. The molecule has 3 heterocycles. The average Bonchev–Trinajstić information content (AvgIpc) is 3.03. The number of pyridine rings is 1. The molecule has 1 saturated carbocycles. The van der Waals surface area contributed by atoms with E-state index in [1.165, 1.54) is 5.56 Å². The number of aliphatic hydroxyl groups is 1. The molecule has 4 rings (SSSR count). The number of likely N-dealkylation sites (N-methyl/N-ethyl adjacent to an activating group) is 1. The molecule has 1 aromatic heterocycles. The van der Waals surface area contributed by atoms with Crippen molar-refractivity contribution in [3.63, 3.8) is 0 Å². The van der Waals surface area contributed by atoms with Crippen molar-refractivity contribution in [2.45, 2.75) is 31.5 Å². The number of fused-ring (bicyclic) bond motifs is 1. The summed E-state index contributed by atoms with van der Waals surface area (Å²) in [4.78, 5) is 11.9. The number of anilines is 1. The van der Waals surface area contributed by atoms with E-state index in [0.717, 1.165) is 70.4 Å². The van der Waals surface area contributed by atoms with Crippen LogP contribution >= 0.6 is 0 Å². The second-order valence-electron chi connectivity index (χ2n) is 8.42. The maximum absolute atomic E-state index is 10.8. The van der Waals surface area contributed by atoms with Gasteiger partial charge < -0.3 is 15.3 Å². The highest BCUT2D eigenvalue weighted by molar-refractivity contribution is 5.42. The summed E-state index contributed by atoms with van der Waals surface area (Å²) in [5.74, 6) is 2.35. The number of nitrogens with one attached hydrogen (secondary N) is 1. The first-order valence-corrected chi connectivity index (χ1v) is 10.1. The molecule has 0 aromatic carbocycles. The predicted octanol–water partition coefficient (Wildman–Crippen LogP) is 0.942. The lowest BCUT2D eigenvalue weighted by atomic mass is 9.77. The summed E-state index contributed by atoms with van der Waals surface area (Å²) >= 11 is 0. The van der Waals surface area contributed by atoms with Gasteiger partial charge in [-0.1, -0.05) is 6.07 Å². The van der Waals surface area contributed by atoms with Gasteiger partial charge in [0.2, 0.25) is 0 Å². The molecule has 0 bridgehead atoms. The number of piperazine rings is 1. The van der Waals surface area contributed by atoms with Crippen LogP contribution in [0.15, 0.2) is 18.3 Å². The number of rotatable bonds is 4. The minimum Gasteiger partial charge on any atom is -0.391 e. The third-order valence-electron chi connectivity index (χ3n) is 6.71. The minimum absolute atomic E-state index is 0.161. The van der Waals surface area contributed by atoms with Gasteiger partial charge >= 0.3 is 0 Å². The summed E-state index contributed by atoms with van der Waals surface area (Å²) in [6.07, 6.45) is 3.80. The molecule has 1 aliphatic carbocycles. The molecule has 4 atom stereocenters. The lowest BCUT2D eigenvalue weighted by Gasteiger charge is -2.44. The van der Waals surface area contributed by atoms with Crippen molar-refractivity contribution in [1.29, 1.82) is 0 Å². The van der Waals surface area contributed by atoms with Crippen molar-refractivity contribution >= 4 is 5.82 Å². The Balaban J connectivity index is 1.38. The van der Waals surface area contributed by atoms with E-state index in [9.17, 15) is 5.11 Å². The van der Waals surface area contributed by atoms with Gasteiger partial charge in [0.1, 0.15) is 5.82 Å². The highest BCUT2D eigenvalue weighted by Crippen LogP contribution is 2.39. The highest BCUT2D eigenvalue weighted by atomic mass is 16.3. The standard InChI is InChI=1S/C20H33N5O/c1-21-20-15(4-3-5-22-20)12-24-13-16-10-18(19(26)11-17(16)14-24)25-8-6-23(2)7-9-25/h3-5,16-19,26H,6-14H2,1-2H3,(H,21,22)/t16-,17+,18-,19-/m1/s1. The molecule has 2 saturated heterocycles. The Bertz CT molecular complexity index is 604. The highest BCUT2D eigenvalue weighted by Gasteiger charge is 2.43. The zero-order chi connectivity index (χ0) is 18.1. The number of hydrogen-bond acceptors (Lipinski definition) is 6. The number of aliphatic hydroxyl groups excluding tert-OH is 1. The molecule has 3 fully saturated rings. The fourth-order valence-electron chi connectivity index (χ4n) is 5.21. The Hall–Kier alpha value is -1.21. The van der Waals surface area contributed by atoms with E-state index in [-0.39, 0.29) is 6.10 Å². The molecule has 6 heteroatoms. The number of aromatic nitrogens is 1. The van der Waals surface area contributed by atoms with E-state index in [1.54, 1.807) is 0 Å². The van der Waals surface area contributed by atoms with E-state index in [2.05, 4.69) is 38.1 Å². The van der Waals surface area contributed by atoms with Crippen LogP contribution in [-0.4, -0.2) is 90.3 Å². The zero-order valence-corrected chi connectivity index (χ0v) is 16.1. The van der Waals surface area contributed by atoms with E-state index in [0.29, 0.717) is 12.0 Å². The Morgan fingerprint density at radius 3 is 2.62 bits per heavy atom. The van der Waals surface area contributed by atoms with Crippen molar-refractivity contribution in [2.75, 3.05) is 58.7 Å². The molecule has 0 amide bonds. The molecule has 26 heavy (non-hydrogen) atoms. The van der Waals surface area contributed by atoms with Crippen LogP contribution in [-0.2, 0) is 6.54 Å². The summed E-state index contributed by atoms with van der Waals surface area (Å²) in [5, 5.41) is 14.0. The SMILES string of the molecule is CNc1ncccc1CN1C[C@H]2C[C@@H](N3CCN(C)CC3)[C@H](O)C[C@H]2C1. The lowest BCUT2D eigenvalue weighted by Crippen LogP contribution is -2.55. The van der Waals surface area contributed by atoms with Crippen molar-refractivity contribution in [3.05, 3.63) is 23.9 Å². The van der Waals surface area contributed by atoms with Gasteiger partial charge in [-0.25, -0.2) is 4.98 Å². The van der Waals surface area contributed by atoms with Gasteiger partial charge in [0.15, 0.2) is 0 Å². The number of likely N-dealkylation sites (tertiary alicyclic amines) is 1. The van der Waals surface area contributed by atoms with Crippen molar-refractivity contribution in [2.24, 2.45) is 11.8 Å². The molecule has 144 valence electrons. The second-order valence-corrected chi connectivity index (χ2v) is 8.42. The Kier molecular flexibility index (Phi) is 5.45. The van der Waals surface area contributed by atoms with Gasteiger partial charge in [-0.05, 0) is 37.8 Å². The number of hydrogen-bond donors (Lipinski definition) is 2. The van der Waals surface area contributed by atoms with E-state index in [1.807, 2.05) is 19.3 Å². The molecular formula is C20H33N5O. The second kappa shape index (κ2) is 7.80. The normalized spacial score (nSPS) is 34.0. The van der Waals surface area contributed by atoms with Crippen LogP contribution in [0.4, 0.5) is 5.82 Å². The first-order chi connectivity index (χ1) is 12.6. The molecule has 3 aliphatic rings. The average molecular weight is 360 g/mol. The van der Waals surface area contributed by atoms with E-state index >= 15 is 0 Å². The molecule has 2 aliphatic heterocycles. The van der Waals surface area contributed by atoms with Crippen molar-refractivity contribution < 1.29 is 5.11 Å². The number of nitrogens with zero attached hydrogens (tertiary/aromatic N) is 4. The Morgan fingerprint density at radius 1 is 1.15 bits per heavy atom. The predicted molar refractivity (Wildman–Crippen MR) is 104 cm³/mol. The molecule has 0 radical (unpaired) electrons. The topological polar surface area (TPSA) is 54.9 Å². The minimum atomic E-state index is -0.161. The van der Waals surface area contributed by atoms with E-state index < -0.39 is 0 Å². The molecule has 2 N–H and O–H groups in total. The summed E-state index contributed by atoms with van der Waals surface area (Å²) in [6, 6.07) is 4.55. The zero-order valence-electron chi connectivity index (χ0n) is 16.1. The molecular weight excluding hydrogens is 326 g/mol. The summed E-state index contributed by atoms with van der Waals surface area (Å²) < 4.78 is 0. The maximum Gasteiger partial charge on any atom is 0.130 e. The molecule has 6 nitrogen and oxygen atoms in total. The van der Waals surface area contributed by atoms with Crippen LogP contribution < -0.4 is 5.32 Å². The third kappa shape index (κ3) is 3.74. The Morgan fingerprint density at radius 2 is 1.88 bits per heavy atom. The summed E-state index contributed by atoms with van der Waals surface area (Å²) in [6.45, 7) is 7.65. The van der Waals surface area contributed by atoms with Crippen LogP contribution in [0.2, 0.25) is 0 Å². The van der Waals surface area contributed by atoms with Crippen LogP contribution in [0.3, 0.4) is 0 Å². The first-order valence-electron chi connectivity index (χ1n) is 10.1. The van der Waals surface area contributed by atoms with Gasteiger partial charge in [-0.2, -0.15) is 0 Å². The van der Waals surface area contributed by atoms with Crippen LogP contribution in [0.5, 0.6) is 0 Å². The van der Waals surface area contributed by atoms with Gasteiger partial charge in [0.05, 0.1) is 6.10 Å². The quantitative estimate of drug-likeness (QED) is 0.835.